The van der Waals surface area contributed by atoms with Crippen LogP contribution in [0.25, 0.3) is 0 Å². The number of benzene rings is 2. The molecule has 1 aliphatic heterocycles. The van der Waals surface area contributed by atoms with E-state index in [1.54, 1.807) is 18.2 Å². The molecule has 4 nitrogen and oxygen atoms in total. The first-order valence-electron chi connectivity index (χ1n) is 8.20. The summed E-state index contributed by atoms with van der Waals surface area (Å²) in [6.07, 6.45) is 0.283. The third-order valence-electron chi connectivity index (χ3n) is 4.09. The zero-order valence-electron chi connectivity index (χ0n) is 14.1. The minimum Gasteiger partial charge on any atom is -0.372 e. The largest absolute Gasteiger partial charge is 0.372 e. The van der Waals surface area contributed by atoms with E-state index < -0.39 is 0 Å². The van der Waals surface area contributed by atoms with Gasteiger partial charge in [0.2, 0.25) is 0 Å². The molecule has 1 amide bonds. The van der Waals surface area contributed by atoms with Crippen molar-refractivity contribution < 1.29 is 9.53 Å². The molecule has 6 heteroatoms. The van der Waals surface area contributed by atoms with Gasteiger partial charge in [-0.1, -0.05) is 35.3 Å². The number of morpholine rings is 1. The molecule has 0 radical (unpaired) electrons. The highest BCUT2D eigenvalue weighted by molar-refractivity contribution is 6.42. The van der Waals surface area contributed by atoms with E-state index in [0.717, 1.165) is 24.5 Å². The smallest absolute Gasteiger partial charge is 0.255 e. The summed E-state index contributed by atoms with van der Waals surface area (Å²) in [4.78, 5) is 14.8. The molecule has 1 N–H and O–H groups in total. The van der Waals surface area contributed by atoms with Crippen LogP contribution in [-0.4, -0.2) is 31.2 Å². The van der Waals surface area contributed by atoms with E-state index in [9.17, 15) is 4.79 Å². The molecule has 0 aromatic heterocycles. The molecule has 2 atom stereocenters. The van der Waals surface area contributed by atoms with E-state index in [0.29, 0.717) is 15.6 Å². The highest BCUT2D eigenvalue weighted by Gasteiger charge is 2.24. The number of nitrogens with one attached hydrogen (secondary N) is 1. The topological polar surface area (TPSA) is 41.6 Å². The highest BCUT2D eigenvalue weighted by Crippen LogP contribution is 2.29. The normalized spacial score (nSPS) is 20.4. The van der Waals surface area contributed by atoms with Gasteiger partial charge < -0.3 is 15.0 Å². The van der Waals surface area contributed by atoms with Gasteiger partial charge in [-0.25, -0.2) is 0 Å². The summed E-state index contributed by atoms with van der Waals surface area (Å²) in [6.45, 7) is 5.67. The van der Waals surface area contributed by atoms with Crippen LogP contribution in [0.3, 0.4) is 0 Å². The quantitative estimate of drug-likeness (QED) is 0.828. The second-order valence-electron chi connectivity index (χ2n) is 6.26. The molecular weight excluding hydrogens is 359 g/mol. The number of ether oxygens (including phenoxy) is 1. The molecule has 2 aromatic rings. The van der Waals surface area contributed by atoms with Crippen LogP contribution >= 0.6 is 23.2 Å². The van der Waals surface area contributed by atoms with Gasteiger partial charge in [-0.15, -0.1) is 0 Å². The Morgan fingerprint density at radius 2 is 1.76 bits per heavy atom. The van der Waals surface area contributed by atoms with E-state index in [2.05, 4.69) is 24.1 Å². The van der Waals surface area contributed by atoms with Crippen molar-refractivity contribution in [2.75, 3.05) is 23.3 Å². The van der Waals surface area contributed by atoms with Crippen LogP contribution in [0, 0.1) is 0 Å². The SMILES string of the molecule is CC1CN(c2ccccc2NC(=O)c2ccc(Cl)c(Cl)c2)CC(C)O1. The Morgan fingerprint density at radius 1 is 1.08 bits per heavy atom. The summed E-state index contributed by atoms with van der Waals surface area (Å²) in [7, 11) is 0. The van der Waals surface area contributed by atoms with Crippen LogP contribution in [0.2, 0.25) is 10.0 Å². The van der Waals surface area contributed by atoms with Crippen molar-refractivity contribution in [2.24, 2.45) is 0 Å². The number of amides is 1. The maximum absolute atomic E-state index is 12.6. The number of carbonyl (C=O) groups excluding carboxylic acids is 1. The van der Waals surface area contributed by atoms with Crippen LogP contribution in [-0.2, 0) is 4.74 Å². The van der Waals surface area contributed by atoms with E-state index in [1.807, 2.05) is 24.3 Å². The summed E-state index contributed by atoms with van der Waals surface area (Å²) in [6, 6.07) is 12.6. The lowest BCUT2D eigenvalue weighted by molar-refractivity contribution is -0.00517. The first kappa shape index (κ1) is 18.1. The first-order valence-corrected chi connectivity index (χ1v) is 8.95. The van der Waals surface area contributed by atoms with Gasteiger partial charge in [0.05, 0.1) is 33.6 Å². The first-order chi connectivity index (χ1) is 11.9. The van der Waals surface area contributed by atoms with Crippen molar-refractivity contribution in [3.63, 3.8) is 0 Å². The zero-order valence-corrected chi connectivity index (χ0v) is 15.6. The Kier molecular flexibility index (Phi) is 5.52. The Hall–Kier alpha value is -1.75. The van der Waals surface area contributed by atoms with Gasteiger partial charge in [-0.2, -0.15) is 0 Å². The number of carbonyl (C=O) groups is 1. The molecule has 0 saturated carbocycles. The summed E-state index contributed by atoms with van der Waals surface area (Å²) in [5.41, 5.74) is 2.21. The van der Waals surface area contributed by atoms with Crippen molar-refractivity contribution in [1.29, 1.82) is 0 Å². The van der Waals surface area contributed by atoms with Gasteiger partial charge in [-0.3, -0.25) is 4.79 Å². The summed E-state index contributed by atoms with van der Waals surface area (Å²) in [5.74, 6) is -0.222. The van der Waals surface area contributed by atoms with E-state index in [1.165, 1.54) is 0 Å². The van der Waals surface area contributed by atoms with E-state index in [-0.39, 0.29) is 18.1 Å². The van der Waals surface area contributed by atoms with E-state index in [4.69, 9.17) is 27.9 Å². The third kappa shape index (κ3) is 4.27. The van der Waals surface area contributed by atoms with Crippen LogP contribution in [0.15, 0.2) is 42.5 Å². The second-order valence-corrected chi connectivity index (χ2v) is 7.08. The average molecular weight is 379 g/mol. The molecule has 2 aromatic carbocycles. The molecule has 25 heavy (non-hydrogen) atoms. The minimum atomic E-state index is -0.222. The number of para-hydroxylation sites is 2. The van der Waals surface area contributed by atoms with Gasteiger partial charge in [0.1, 0.15) is 0 Å². The standard InChI is InChI=1S/C19H20Cl2N2O2/c1-12-10-23(11-13(2)25-12)18-6-4-3-5-17(18)22-19(24)14-7-8-15(20)16(21)9-14/h3-9,12-13H,10-11H2,1-2H3,(H,22,24). The number of halogens is 2. The molecule has 0 aliphatic carbocycles. The summed E-state index contributed by atoms with van der Waals surface area (Å²) < 4.78 is 5.80. The van der Waals surface area contributed by atoms with Crippen molar-refractivity contribution in [2.45, 2.75) is 26.1 Å². The number of nitrogens with zero attached hydrogens (tertiary/aromatic N) is 1. The van der Waals surface area contributed by atoms with Crippen molar-refractivity contribution >= 4 is 40.5 Å². The lowest BCUT2D eigenvalue weighted by Crippen LogP contribution is -2.45. The maximum Gasteiger partial charge on any atom is 0.255 e. The number of anilines is 2. The van der Waals surface area contributed by atoms with E-state index >= 15 is 0 Å². The Balaban J connectivity index is 1.83. The fourth-order valence-electron chi connectivity index (χ4n) is 3.06. The molecule has 0 bridgehead atoms. The molecule has 2 unspecified atom stereocenters. The average Bonchev–Trinajstić information content (AvgIpc) is 2.57. The highest BCUT2D eigenvalue weighted by atomic mass is 35.5. The number of hydrogen-bond acceptors (Lipinski definition) is 3. The predicted molar refractivity (Wildman–Crippen MR) is 103 cm³/mol. The van der Waals surface area contributed by atoms with Crippen molar-refractivity contribution in [3.05, 3.63) is 58.1 Å². The van der Waals surface area contributed by atoms with Crippen LogP contribution in [0.1, 0.15) is 24.2 Å². The molecule has 132 valence electrons. The number of hydrogen-bond donors (Lipinski definition) is 1. The third-order valence-corrected chi connectivity index (χ3v) is 4.83. The monoisotopic (exact) mass is 378 g/mol. The van der Waals surface area contributed by atoms with Crippen LogP contribution in [0.4, 0.5) is 11.4 Å². The predicted octanol–water partition coefficient (Wildman–Crippen LogP) is 4.86. The van der Waals surface area contributed by atoms with Gasteiger partial charge in [0.25, 0.3) is 5.91 Å². The summed E-state index contributed by atoms with van der Waals surface area (Å²) in [5, 5.41) is 3.76. The van der Waals surface area contributed by atoms with Crippen molar-refractivity contribution in [3.8, 4) is 0 Å². The second kappa shape index (κ2) is 7.65. The molecule has 1 saturated heterocycles. The fraction of sp³-hybridized carbons (Fsp3) is 0.316. The Bertz CT molecular complexity index is 772. The molecule has 3 rings (SSSR count). The molecule has 1 aliphatic rings. The molecule has 1 fully saturated rings. The van der Waals surface area contributed by atoms with Crippen molar-refractivity contribution in [1.82, 2.24) is 0 Å². The Labute approximate surface area is 157 Å². The van der Waals surface area contributed by atoms with Crippen LogP contribution < -0.4 is 10.2 Å². The van der Waals surface area contributed by atoms with Gasteiger partial charge in [-0.05, 0) is 44.2 Å². The molecule has 1 heterocycles. The lowest BCUT2D eigenvalue weighted by Gasteiger charge is -2.37. The van der Waals surface area contributed by atoms with Gasteiger partial charge in [0.15, 0.2) is 0 Å². The summed E-state index contributed by atoms with van der Waals surface area (Å²) >= 11 is 11.9. The molecule has 0 spiro atoms. The van der Waals surface area contributed by atoms with Gasteiger partial charge in [0, 0.05) is 18.7 Å². The maximum atomic E-state index is 12.6. The van der Waals surface area contributed by atoms with Gasteiger partial charge >= 0.3 is 0 Å². The fourth-order valence-corrected chi connectivity index (χ4v) is 3.36. The zero-order chi connectivity index (χ0) is 18.0. The minimum absolute atomic E-state index is 0.141. The Morgan fingerprint density at radius 3 is 2.44 bits per heavy atom. The molecular formula is C19H20Cl2N2O2. The lowest BCUT2D eigenvalue weighted by atomic mass is 10.1. The number of rotatable bonds is 3. The van der Waals surface area contributed by atoms with Crippen LogP contribution in [0.5, 0.6) is 0 Å².